The lowest BCUT2D eigenvalue weighted by Gasteiger charge is -2.09. The monoisotopic (exact) mass is 295 g/mol. The number of phenols is 1. The van der Waals surface area contributed by atoms with Crippen LogP contribution in [-0.4, -0.2) is 30.1 Å². The molecule has 5 heteroatoms. The van der Waals surface area contributed by atoms with Crippen molar-refractivity contribution in [3.63, 3.8) is 0 Å². The minimum absolute atomic E-state index is 0.0807. The lowest BCUT2D eigenvalue weighted by molar-refractivity contribution is 0.104. The van der Waals surface area contributed by atoms with E-state index in [4.69, 9.17) is 9.47 Å². The maximum absolute atomic E-state index is 12.7. The van der Waals surface area contributed by atoms with Gasteiger partial charge in [-0.3, -0.25) is 4.79 Å². The molecule has 110 valence electrons. The van der Waals surface area contributed by atoms with E-state index < -0.39 is 0 Å². The van der Waals surface area contributed by atoms with E-state index in [1.165, 1.54) is 7.11 Å². The highest BCUT2D eigenvalue weighted by molar-refractivity contribution is 6.27. The molecule has 1 aliphatic carbocycles. The Bertz CT molecular complexity index is 939. The van der Waals surface area contributed by atoms with Crippen molar-refractivity contribution in [3.05, 3.63) is 41.5 Å². The molecule has 2 N–H and O–H groups in total. The van der Waals surface area contributed by atoms with Crippen molar-refractivity contribution in [3.8, 4) is 28.5 Å². The highest BCUT2D eigenvalue weighted by Gasteiger charge is 2.32. The zero-order valence-electron chi connectivity index (χ0n) is 12.1. The zero-order chi connectivity index (χ0) is 15.4. The molecule has 0 bridgehead atoms. The van der Waals surface area contributed by atoms with Crippen molar-refractivity contribution >= 4 is 16.7 Å². The summed E-state index contributed by atoms with van der Waals surface area (Å²) in [6.45, 7) is 0. The van der Waals surface area contributed by atoms with Crippen LogP contribution in [0.1, 0.15) is 15.9 Å². The number of nitrogens with one attached hydrogen (secondary N) is 1. The van der Waals surface area contributed by atoms with Gasteiger partial charge in [-0.05, 0) is 30.3 Å². The third-order valence-corrected chi connectivity index (χ3v) is 4.05. The lowest BCUT2D eigenvalue weighted by Crippen LogP contribution is -1.98. The van der Waals surface area contributed by atoms with Crippen LogP contribution in [-0.2, 0) is 0 Å². The molecule has 0 saturated heterocycles. The second-order valence-corrected chi connectivity index (χ2v) is 5.19. The first-order chi connectivity index (χ1) is 10.6. The minimum Gasteiger partial charge on any atom is -0.508 e. The van der Waals surface area contributed by atoms with E-state index in [2.05, 4.69) is 4.98 Å². The number of aromatic amines is 1. The van der Waals surface area contributed by atoms with E-state index in [9.17, 15) is 9.90 Å². The fraction of sp³-hybridized carbons (Fsp3) is 0.118. The minimum atomic E-state index is -0.0807. The Morgan fingerprint density at radius 1 is 1.00 bits per heavy atom. The molecular formula is C17H13NO4. The Hall–Kier alpha value is -2.95. The Morgan fingerprint density at radius 3 is 2.36 bits per heavy atom. The summed E-state index contributed by atoms with van der Waals surface area (Å²) in [6.07, 6.45) is 0. The summed E-state index contributed by atoms with van der Waals surface area (Å²) in [6, 6.07) is 8.44. The van der Waals surface area contributed by atoms with E-state index in [1.54, 1.807) is 37.4 Å². The standard InChI is InChI=1S/C17H13NO4/c1-21-13-6-9-10(7-14(13)22-2)17(20)15-11-5-8(19)3-4-12(11)18-16(9)15/h3-7,18-19H,1-2H3. The van der Waals surface area contributed by atoms with Crippen LogP contribution in [0.3, 0.4) is 0 Å². The number of benzene rings is 2. The number of fused-ring (bicyclic) bond motifs is 5. The predicted octanol–water partition coefficient (Wildman–Crippen LogP) is 3.10. The Labute approximate surface area is 126 Å². The molecule has 5 nitrogen and oxygen atoms in total. The molecule has 0 fully saturated rings. The summed E-state index contributed by atoms with van der Waals surface area (Å²) in [5.74, 6) is 1.14. The third kappa shape index (κ3) is 1.50. The quantitative estimate of drug-likeness (QED) is 0.596. The van der Waals surface area contributed by atoms with Crippen molar-refractivity contribution in [1.29, 1.82) is 0 Å². The molecule has 1 heterocycles. The summed E-state index contributed by atoms with van der Waals surface area (Å²) in [7, 11) is 3.10. The smallest absolute Gasteiger partial charge is 0.196 e. The van der Waals surface area contributed by atoms with Crippen molar-refractivity contribution in [2.75, 3.05) is 14.2 Å². The number of phenolic OH excluding ortho intramolecular Hbond substituents is 1. The summed E-state index contributed by atoms with van der Waals surface area (Å²) in [5, 5.41) is 10.4. The van der Waals surface area contributed by atoms with Gasteiger partial charge in [-0.2, -0.15) is 0 Å². The van der Waals surface area contributed by atoms with E-state index in [1.807, 2.05) is 0 Å². The van der Waals surface area contributed by atoms with Gasteiger partial charge in [0.1, 0.15) is 5.75 Å². The Kier molecular flexibility index (Phi) is 2.48. The fourth-order valence-corrected chi connectivity index (χ4v) is 3.03. The van der Waals surface area contributed by atoms with Gasteiger partial charge >= 0.3 is 0 Å². The number of aromatic hydroxyl groups is 1. The molecule has 1 aromatic heterocycles. The second-order valence-electron chi connectivity index (χ2n) is 5.19. The van der Waals surface area contributed by atoms with Crippen LogP contribution in [0.2, 0.25) is 0 Å². The molecule has 22 heavy (non-hydrogen) atoms. The zero-order valence-corrected chi connectivity index (χ0v) is 12.1. The van der Waals surface area contributed by atoms with Crippen molar-refractivity contribution in [2.45, 2.75) is 0 Å². The summed E-state index contributed by atoms with van der Waals surface area (Å²) >= 11 is 0. The molecule has 3 aromatic rings. The highest BCUT2D eigenvalue weighted by Crippen LogP contribution is 2.45. The van der Waals surface area contributed by atoms with Crippen LogP contribution >= 0.6 is 0 Å². The number of carbonyl (C=O) groups is 1. The number of aromatic nitrogens is 1. The molecule has 0 atom stereocenters. The van der Waals surface area contributed by atoms with Crippen molar-refractivity contribution in [2.24, 2.45) is 0 Å². The van der Waals surface area contributed by atoms with Gasteiger partial charge in [-0.15, -0.1) is 0 Å². The van der Waals surface area contributed by atoms with Crippen LogP contribution in [0.4, 0.5) is 0 Å². The molecule has 2 aromatic carbocycles. The first-order valence-electron chi connectivity index (χ1n) is 6.80. The maximum Gasteiger partial charge on any atom is 0.196 e. The largest absolute Gasteiger partial charge is 0.508 e. The number of H-pyrrole nitrogens is 1. The SMILES string of the molecule is COc1cc2c(cc1OC)-c1[nH]c3ccc(O)cc3c1C2=O. The van der Waals surface area contributed by atoms with Crippen LogP contribution in [0, 0.1) is 0 Å². The van der Waals surface area contributed by atoms with Gasteiger partial charge in [0.15, 0.2) is 17.3 Å². The first kappa shape index (κ1) is 12.8. The number of rotatable bonds is 2. The van der Waals surface area contributed by atoms with Crippen molar-refractivity contribution in [1.82, 2.24) is 4.98 Å². The van der Waals surface area contributed by atoms with Crippen LogP contribution in [0.5, 0.6) is 17.2 Å². The maximum atomic E-state index is 12.7. The van der Waals surface area contributed by atoms with Crippen LogP contribution < -0.4 is 9.47 Å². The van der Waals surface area contributed by atoms with Gasteiger partial charge in [0.25, 0.3) is 0 Å². The molecule has 0 amide bonds. The molecule has 1 aliphatic rings. The first-order valence-corrected chi connectivity index (χ1v) is 6.80. The normalized spacial score (nSPS) is 12.4. The van der Waals surface area contributed by atoms with Gasteiger partial charge in [0.2, 0.25) is 0 Å². The summed E-state index contributed by atoms with van der Waals surface area (Å²) < 4.78 is 10.6. The predicted molar refractivity (Wildman–Crippen MR) is 81.9 cm³/mol. The van der Waals surface area contributed by atoms with Crippen molar-refractivity contribution < 1.29 is 19.4 Å². The number of methoxy groups -OCH3 is 2. The van der Waals surface area contributed by atoms with E-state index in [0.29, 0.717) is 28.0 Å². The topological polar surface area (TPSA) is 71.6 Å². The number of ketones is 1. The average molecular weight is 295 g/mol. The van der Waals surface area contributed by atoms with E-state index in [0.717, 1.165) is 16.8 Å². The lowest BCUT2D eigenvalue weighted by atomic mass is 10.1. The molecular weight excluding hydrogens is 282 g/mol. The van der Waals surface area contributed by atoms with Gasteiger partial charge in [0, 0.05) is 22.0 Å². The molecule has 0 radical (unpaired) electrons. The number of hydrogen-bond acceptors (Lipinski definition) is 4. The van der Waals surface area contributed by atoms with Crippen LogP contribution in [0.15, 0.2) is 30.3 Å². The molecule has 0 spiro atoms. The summed E-state index contributed by atoms with van der Waals surface area (Å²) in [5.41, 5.74) is 3.51. The molecule has 0 unspecified atom stereocenters. The van der Waals surface area contributed by atoms with Gasteiger partial charge in [-0.1, -0.05) is 0 Å². The third-order valence-electron chi connectivity index (χ3n) is 4.05. The average Bonchev–Trinajstić information content (AvgIpc) is 3.02. The Balaban J connectivity index is 2.05. The number of hydrogen-bond donors (Lipinski definition) is 2. The Morgan fingerprint density at radius 2 is 1.68 bits per heavy atom. The van der Waals surface area contributed by atoms with Gasteiger partial charge in [0.05, 0.1) is 25.5 Å². The van der Waals surface area contributed by atoms with E-state index >= 15 is 0 Å². The molecule has 0 aliphatic heterocycles. The molecule has 0 saturated carbocycles. The number of ether oxygens (including phenoxy) is 2. The molecule has 4 rings (SSSR count). The van der Waals surface area contributed by atoms with Gasteiger partial charge in [-0.25, -0.2) is 0 Å². The highest BCUT2D eigenvalue weighted by atomic mass is 16.5. The van der Waals surface area contributed by atoms with Crippen LogP contribution in [0.25, 0.3) is 22.2 Å². The van der Waals surface area contributed by atoms with E-state index in [-0.39, 0.29) is 11.5 Å². The fourth-order valence-electron chi connectivity index (χ4n) is 3.03. The second kappa shape index (κ2) is 4.27. The number of carbonyl (C=O) groups excluding carboxylic acids is 1. The summed E-state index contributed by atoms with van der Waals surface area (Å²) in [4.78, 5) is 16.0. The van der Waals surface area contributed by atoms with Gasteiger partial charge < -0.3 is 19.6 Å².